The highest BCUT2D eigenvalue weighted by Gasteiger charge is 2.34. The number of nitrogens with zero attached hydrogens (tertiary/aromatic N) is 1. The lowest BCUT2D eigenvalue weighted by Gasteiger charge is -2.18. The van der Waals surface area contributed by atoms with Crippen LogP contribution in [0.2, 0.25) is 0 Å². The summed E-state index contributed by atoms with van der Waals surface area (Å²) in [5.74, 6) is -1.11. The molecular formula is C18H23N3O4. The second-order valence-corrected chi connectivity index (χ2v) is 6.91. The number of nitrogens with one attached hydrogen (secondary N) is 2. The van der Waals surface area contributed by atoms with Gasteiger partial charge >= 0.3 is 0 Å². The summed E-state index contributed by atoms with van der Waals surface area (Å²) in [6, 6.07) is 6.61. The Kier molecular flexibility index (Phi) is 5.56. The quantitative estimate of drug-likeness (QED) is 0.593. The molecule has 1 aromatic rings. The van der Waals surface area contributed by atoms with Crippen LogP contribution in [0.15, 0.2) is 24.3 Å². The monoisotopic (exact) mass is 345 g/mol. The smallest absolute Gasteiger partial charge is 0.261 e. The van der Waals surface area contributed by atoms with Gasteiger partial charge in [-0.25, -0.2) is 0 Å². The number of benzene rings is 1. The number of hydrogen-bond acceptors (Lipinski definition) is 4. The minimum Gasteiger partial charge on any atom is -0.354 e. The Morgan fingerprint density at radius 1 is 0.960 bits per heavy atom. The molecule has 0 fully saturated rings. The van der Waals surface area contributed by atoms with Gasteiger partial charge in [-0.15, -0.1) is 0 Å². The summed E-state index contributed by atoms with van der Waals surface area (Å²) in [5, 5.41) is 5.39. The van der Waals surface area contributed by atoms with Crippen molar-refractivity contribution < 1.29 is 19.2 Å². The first-order valence-corrected chi connectivity index (χ1v) is 8.22. The molecule has 7 heteroatoms. The third kappa shape index (κ3) is 4.43. The zero-order valence-corrected chi connectivity index (χ0v) is 14.7. The average Bonchev–Trinajstić information content (AvgIpc) is 2.80. The molecule has 7 nitrogen and oxygen atoms in total. The molecule has 0 saturated heterocycles. The lowest BCUT2D eigenvalue weighted by Crippen LogP contribution is -2.40. The molecule has 1 aromatic carbocycles. The standard InChI is InChI=1S/C18H23N3O4/c1-18(2,3)17(25)20-10-9-19-14(22)8-11-21-15(23)12-6-4-5-7-13(12)16(21)24/h4-7H,8-11H2,1-3H3,(H,19,22)(H,20,25). The van der Waals surface area contributed by atoms with Crippen molar-refractivity contribution in [3.05, 3.63) is 35.4 Å². The molecule has 134 valence electrons. The van der Waals surface area contributed by atoms with Crippen molar-refractivity contribution in [1.29, 1.82) is 0 Å². The molecule has 1 aliphatic heterocycles. The Morgan fingerprint density at radius 2 is 1.48 bits per heavy atom. The number of amides is 4. The number of carbonyl (C=O) groups excluding carboxylic acids is 4. The van der Waals surface area contributed by atoms with Crippen LogP contribution < -0.4 is 10.6 Å². The van der Waals surface area contributed by atoms with Gasteiger partial charge in [0.05, 0.1) is 11.1 Å². The molecule has 0 atom stereocenters. The molecule has 0 aliphatic carbocycles. The van der Waals surface area contributed by atoms with Crippen molar-refractivity contribution >= 4 is 23.6 Å². The van der Waals surface area contributed by atoms with E-state index in [1.54, 1.807) is 24.3 Å². The van der Waals surface area contributed by atoms with Crippen molar-refractivity contribution in [1.82, 2.24) is 15.5 Å². The van der Waals surface area contributed by atoms with Crippen molar-refractivity contribution in [2.75, 3.05) is 19.6 Å². The van der Waals surface area contributed by atoms with Gasteiger partial charge in [-0.1, -0.05) is 32.9 Å². The van der Waals surface area contributed by atoms with Crippen molar-refractivity contribution in [2.24, 2.45) is 5.41 Å². The fourth-order valence-electron chi connectivity index (χ4n) is 2.39. The summed E-state index contributed by atoms with van der Waals surface area (Å²) in [6.45, 7) is 6.08. The van der Waals surface area contributed by atoms with E-state index < -0.39 is 5.41 Å². The van der Waals surface area contributed by atoms with Crippen molar-refractivity contribution in [2.45, 2.75) is 27.2 Å². The summed E-state index contributed by atoms with van der Waals surface area (Å²) in [5.41, 5.74) is 0.269. The molecule has 1 heterocycles. The van der Waals surface area contributed by atoms with Gasteiger partial charge in [-0.3, -0.25) is 24.1 Å². The summed E-state index contributed by atoms with van der Waals surface area (Å²) < 4.78 is 0. The van der Waals surface area contributed by atoms with Crippen LogP contribution in [0.1, 0.15) is 47.9 Å². The molecule has 4 amide bonds. The molecule has 0 unspecified atom stereocenters. The minimum absolute atomic E-state index is 0.0265. The first-order chi connectivity index (χ1) is 11.7. The van der Waals surface area contributed by atoms with E-state index in [-0.39, 0.29) is 36.6 Å². The summed E-state index contributed by atoms with van der Waals surface area (Å²) in [6.07, 6.45) is 0.0265. The normalized spacial score (nSPS) is 13.6. The third-order valence-electron chi connectivity index (χ3n) is 3.85. The van der Waals surface area contributed by atoms with Crippen LogP contribution in [0.4, 0.5) is 0 Å². The van der Waals surface area contributed by atoms with E-state index in [0.29, 0.717) is 24.2 Å². The third-order valence-corrected chi connectivity index (χ3v) is 3.85. The molecule has 25 heavy (non-hydrogen) atoms. The van der Waals surface area contributed by atoms with Crippen LogP contribution in [0.5, 0.6) is 0 Å². The maximum absolute atomic E-state index is 12.2. The van der Waals surface area contributed by atoms with Crippen LogP contribution in [0.3, 0.4) is 0 Å². The maximum atomic E-state index is 12.2. The van der Waals surface area contributed by atoms with Crippen molar-refractivity contribution in [3.8, 4) is 0 Å². The predicted molar refractivity (Wildman–Crippen MR) is 91.9 cm³/mol. The number of fused-ring (bicyclic) bond motifs is 1. The fraction of sp³-hybridized carbons (Fsp3) is 0.444. The number of hydrogen-bond donors (Lipinski definition) is 2. The Morgan fingerprint density at radius 3 is 2.00 bits per heavy atom. The lowest BCUT2D eigenvalue weighted by molar-refractivity contribution is -0.128. The Labute approximate surface area is 146 Å². The van der Waals surface area contributed by atoms with Crippen LogP contribution in [0.25, 0.3) is 0 Å². The van der Waals surface area contributed by atoms with Gasteiger partial charge in [0.25, 0.3) is 11.8 Å². The number of rotatable bonds is 6. The van der Waals surface area contributed by atoms with E-state index in [9.17, 15) is 19.2 Å². The second kappa shape index (κ2) is 7.46. The van der Waals surface area contributed by atoms with E-state index in [1.807, 2.05) is 20.8 Å². The molecule has 2 N–H and O–H groups in total. The topological polar surface area (TPSA) is 95.6 Å². The molecule has 0 saturated carbocycles. The van der Waals surface area contributed by atoms with Crippen LogP contribution in [-0.2, 0) is 9.59 Å². The molecule has 0 bridgehead atoms. The summed E-state index contributed by atoms with van der Waals surface area (Å²) >= 11 is 0. The van der Waals surface area contributed by atoms with Gasteiger partial charge in [0.1, 0.15) is 0 Å². The van der Waals surface area contributed by atoms with Crippen molar-refractivity contribution in [3.63, 3.8) is 0 Å². The SMILES string of the molecule is CC(C)(C)C(=O)NCCNC(=O)CCN1C(=O)c2ccccc2C1=O. The van der Waals surface area contributed by atoms with Gasteiger partial charge in [0, 0.05) is 31.5 Å². The molecule has 1 aliphatic rings. The summed E-state index contributed by atoms with van der Waals surface area (Å²) in [4.78, 5) is 49.0. The van der Waals surface area contributed by atoms with Gasteiger partial charge in [-0.05, 0) is 12.1 Å². The summed E-state index contributed by atoms with van der Waals surface area (Å²) in [7, 11) is 0. The van der Waals surface area contributed by atoms with Gasteiger partial charge in [0.15, 0.2) is 0 Å². The zero-order valence-electron chi connectivity index (χ0n) is 14.7. The zero-order chi connectivity index (χ0) is 18.6. The first kappa shape index (κ1) is 18.6. The molecule has 0 spiro atoms. The van der Waals surface area contributed by atoms with Crippen LogP contribution >= 0.6 is 0 Å². The fourth-order valence-corrected chi connectivity index (χ4v) is 2.39. The Bertz CT molecular complexity index is 672. The highest BCUT2D eigenvalue weighted by atomic mass is 16.2. The Hall–Kier alpha value is -2.70. The van der Waals surface area contributed by atoms with E-state index in [2.05, 4.69) is 10.6 Å². The first-order valence-electron chi connectivity index (χ1n) is 8.22. The maximum Gasteiger partial charge on any atom is 0.261 e. The van der Waals surface area contributed by atoms with E-state index >= 15 is 0 Å². The predicted octanol–water partition coefficient (Wildman–Crippen LogP) is 0.951. The second-order valence-electron chi connectivity index (χ2n) is 6.91. The molecule has 0 aromatic heterocycles. The van der Waals surface area contributed by atoms with Gasteiger partial charge in [0.2, 0.25) is 11.8 Å². The van der Waals surface area contributed by atoms with Gasteiger partial charge in [-0.2, -0.15) is 0 Å². The number of carbonyl (C=O) groups is 4. The lowest BCUT2D eigenvalue weighted by atomic mass is 9.96. The molecule has 2 rings (SSSR count). The van der Waals surface area contributed by atoms with Crippen LogP contribution in [-0.4, -0.2) is 48.2 Å². The molecule has 0 radical (unpaired) electrons. The molecular weight excluding hydrogens is 322 g/mol. The van der Waals surface area contributed by atoms with Gasteiger partial charge < -0.3 is 10.6 Å². The highest BCUT2D eigenvalue weighted by molar-refractivity contribution is 6.21. The highest BCUT2D eigenvalue weighted by Crippen LogP contribution is 2.22. The number of imide groups is 1. The van der Waals surface area contributed by atoms with E-state index in [4.69, 9.17) is 0 Å². The largest absolute Gasteiger partial charge is 0.354 e. The minimum atomic E-state index is -0.477. The Balaban J connectivity index is 1.74. The van der Waals surface area contributed by atoms with E-state index in [0.717, 1.165) is 4.90 Å². The van der Waals surface area contributed by atoms with E-state index in [1.165, 1.54) is 0 Å². The van der Waals surface area contributed by atoms with Crippen LogP contribution in [0, 0.1) is 5.41 Å². The average molecular weight is 345 g/mol.